The van der Waals surface area contributed by atoms with Gasteiger partial charge in [0.25, 0.3) is 5.91 Å². The van der Waals surface area contributed by atoms with E-state index >= 15 is 0 Å². The van der Waals surface area contributed by atoms with Gasteiger partial charge in [-0.2, -0.15) is 0 Å². The normalized spacial score (nSPS) is 15.0. The Labute approximate surface area is 208 Å². The van der Waals surface area contributed by atoms with E-state index in [1.165, 1.54) is 11.3 Å². The molecule has 4 heterocycles. The van der Waals surface area contributed by atoms with Crippen molar-refractivity contribution in [3.8, 4) is 0 Å². The number of hydrogen-bond acceptors (Lipinski definition) is 8. The van der Waals surface area contributed by atoms with E-state index < -0.39 is 17.6 Å². The van der Waals surface area contributed by atoms with Gasteiger partial charge >= 0.3 is 6.09 Å². The van der Waals surface area contributed by atoms with Crippen LogP contribution >= 0.6 is 11.3 Å². The van der Waals surface area contributed by atoms with Gasteiger partial charge in [0, 0.05) is 36.9 Å². The zero-order valence-corrected chi connectivity index (χ0v) is 20.9. The Bertz CT molecular complexity index is 1260. The van der Waals surface area contributed by atoms with Crippen LogP contribution in [0.5, 0.6) is 0 Å². The van der Waals surface area contributed by atoms with E-state index in [1.54, 1.807) is 12.4 Å². The summed E-state index contributed by atoms with van der Waals surface area (Å²) in [4.78, 5) is 36.1. The van der Waals surface area contributed by atoms with E-state index in [0.717, 1.165) is 48.3 Å². The molecule has 1 aliphatic heterocycles. The van der Waals surface area contributed by atoms with Crippen molar-refractivity contribution in [2.45, 2.75) is 45.3 Å². The van der Waals surface area contributed by atoms with Gasteiger partial charge in [0.05, 0.1) is 5.69 Å². The summed E-state index contributed by atoms with van der Waals surface area (Å²) in [5.74, 6) is 0.227. The van der Waals surface area contributed by atoms with E-state index in [9.17, 15) is 9.59 Å². The molecule has 0 aromatic carbocycles. The number of carbonyl (C=O) groups excluding carboxylic acids is 2. The number of ether oxygens (including phenoxy) is 1. The molecule has 9 nitrogen and oxygen atoms in total. The second-order valence-corrected chi connectivity index (χ2v) is 10.5. The fourth-order valence-corrected chi connectivity index (χ4v) is 4.98. The monoisotopic (exact) mass is 494 g/mol. The molecule has 3 aromatic heterocycles. The van der Waals surface area contributed by atoms with E-state index in [4.69, 9.17) is 21.2 Å². The number of thiophene rings is 1. The zero-order chi connectivity index (χ0) is 25.2. The number of rotatable bonds is 5. The number of anilines is 2. The van der Waals surface area contributed by atoms with Gasteiger partial charge in [-0.3, -0.25) is 9.78 Å². The molecule has 0 bridgehead atoms. The Morgan fingerprint density at radius 1 is 1.20 bits per heavy atom. The first-order chi connectivity index (χ1) is 16.6. The minimum atomic E-state index is -0.565. The summed E-state index contributed by atoms with van der Waals surface area (Å²) in [5.41, 5.74) is 13.5. The van der Waals surface area contributed by atoms with Crippen molar-refractivity contribution in [2.75, 3.05) is 23.7 Å². The van der Waals surface area contributed by atoms with Gasteiger partial charge in [-0.05, 0) is 62.9 Å². The summed E-state index contributed by atoms with van der Waals surface area (Å²) >= 11 is 1.21. The molecular weight excluding hydrogens is 464 g/mol. The Morgan fingerprint density at radius 2 is 1.89 bits per heavy atom. The maximum atomic E-state index is 12.1. The molecule has 1 fully saturated rings. The van der Waals surface area contributed by atoms with Crippen LogP contribution in [0, 0.1) is 0 Å². The quantitative estimate of drug-likeness (QED) is 0.487. The highest BCUT2D eigenvalue weighted by Gasteiger charge is 2.25. The molecule has 0 radical (unpaired) electrons. The van der Waals surface area contributed by atoms with Crippen molar-refractivity contribution in [1.82, 2.24) is 15.3 Å². The van der Waals surface area contributed by atoms with Crippen LogP contribution in [0.1, 0.15) is 54.4 Å². The zero-order valence-electron chi connectivity index (χ0n) is 20.1. The smallest absolute Gasteiger partial charge is 0.407 e. The number of hydrogen-bond donors (Lipinski definition) is 3. The van der Waals surface area contributed by atoms with Gasteiger partial charge in [0.2, 0.25) is 0 Å². The molecule has 35 heavy (non-hydrogen) atoms. The molecular formula is C25H30N6O3S. The van der Waals surface area contributed by atoms with E-state index in [2.05, 4.69) is 15.2 Å². The van der Waals surface area contributed by atoms with E-state index in [0.29, 0.717) is 15.4 Å². The predicted octanol–water partition coefficient (Wildman–Crippen LogP) is 4.04. The molecule has 2 amide bonds. The third-order valence-corrected chi connectivity index (χ3v) is 6.75. The maximum absolute atomic E-state index is 12.1. The molecule has 3 aromatic rings. The number of nitrogen functional groups attached to an aromatic ring is 1. The summed E-state index contributed by atoms with van der Waals surface area (Å²) in [6.07, 6.45) is 8.53. The molecule has 1 aliphatic rings. The van der Waals surface area contributed by atoms with Crippen LogP contribution in [0.15, 0.2) is 30.6 Å². The Kier molecular flexibility index (Phi) is 6.93. The molecule has 1 saturated heterocycles. The lowest BCUT2D eigenvalue weighted by Gasteiger charge is -2.33. The van der Waals surface area contributed by atoms with Gasteiger partial charge in [-0.25, -0.2) is 9.78 Å². The number of carbonyl (C=O) groups is 2. The van der Waals surface area contributed by atoms with Crippen LogP contribution in [0.2, 0.25) is 0 Å². The molecule has 0 atom stereocenters. The number of piperidine rings is 1. The first-order valence-electron chi connectivity index (χ1n) is 11.5. The highest BCUT2D eigenvalue weighted by atomic mass is 32.1. The number of nitrogens with two attached hydrogens (primary N) is 2. The van der Waals surface area contributed by atoms with Crippen LogP contribution in [-0.4, -0.2) is 46.7 Å². The van der Waals surface area contributed by atoms with Crippen molar-refractivity contribution >= 4 is 57.2 Å². The number of fused-ring (bicyclic) bond motifs is 1. The molecule has 10 heteroatoms. The summed E-state index contributed by atoms with van der Waals surface area (Å²) in [6.45, 7) is 6.97. The first kappa shape index (κ1) is 24.5. The minimum Gasteiger partial charge on any atom is -0.444 e. The average molecular weight is 495 g/mol. The molecule has 0 unspecified atom stereocenters. The summed E-state index contributed by atoms with van der Waals surface area (Å²) < 4.78 is 5.38. The number of aromatic nitrogens is 2. The lowest BCUT2D eigenvalue weighted by Crippen LogP contribution is -2.46. The van der Waals surface area contributed by atoms with Crippen LogP contribution in [-0.2, 0) is 4.74 Å². The fraction of sp³-hybridized carbons (Fsp3) is 0.360. The second kappa shape index (κ2) is 9.91. The molecule has 0 aliphatic carbocycles. The van der Waals surface area contributed by atoms with Crippen molar-refractivity contribution in [2.24, 2.45) is 5.73 Å². The molecule has 4 rings (SSSR count). The first-order valence-corrected chi connectivity index (χ1v) is 12.3. The second-order valence-electron chi connectivity index (χ2n) is 9.48. The van der Waals surface area contributed by atoms with Gasteiger partial charge in [0.1, 0.15) is 21.1 Å². The Balaban J connectivity index is 1.58. The number of nitrogens with zero attached hydrogens (tertiary/aromatic N) is 3. The summed E-state index contributed by atoms with van der Waals surface area (Å²) in [5, 5.41) is 3.68. The maximum Gasteiger partial charge on any atom is 0.407 e. The third-order valence-electron chi connectivity index (χ3n) is 5.64. The standard InChI is InChI=1S/C25H30N6O3S/c1-25(2,3)34-24(33)29-17-8-12-31(13-9-17)18-14-16(5-4-15-6-10-28-11-7-15)19-20(26)21(22(27)32)35-23(19)30-18/h4-7,10-11,14,17H,8-9,12-13,26H2,1-3H3,(H2,27,32)(H,29,33). The number of pyridine rings is 2. The van der Waals surface area contributed by atoms with Crippen molar-refractivity contribution < 1.29 is 14.3 Å². The van der Waals surface area contributed by atoms with Crippen LogP contribution in [0.4, 0.5) is 16.3 Å². The van der Waals surface area contributed by atoms with Gasteiger partial charge < -0.3 is 26.4 Å². The number of alkyl carbamates (subject to hydrolysis) is 1. The molecule has 184 valence electrons. The Hall–Kier alpha value is -3.66. The van der Waals surface area contributed by atoms with Gasteiger partial charge in [-0.1, -0.05) is 12.2 Å². The molecule has 5 N–H and O–H groups in total. The lowest BCUT2D eigenvalue weighted by molar-refractivity contribution is 0.0497. The third kappa shape index (κ3) is 5.89. The van der Waals surface area contributed by atoms with Crippen molar-refractivity contribution in [1.29, 1.82) is 0 Å². The van der Waals surface area contributed by atoms with Crippen molar-refractivity contribution in [3.05, 3.63) is 46.6 Å². The number of nitrogens with one attached hydrogen (secondary N) is 1. The Morgan fingerprint density at radius 3 is 2.51 bits per heavy atom. The topological polar surface area (TPSA) is 136 Å². The highest BCUT2D eigenvalue weighted by Crippen LogP contribution is 2.37. The van der Waals surface area contributed by atoms with E-state index in [-0.39, 0.29) is 6.04 Å². The number of primary amides is 1. The average Bonchev–Trinajstić information content (AvgIpc) is 3.14. The minimum absolute atomic E-state index is 0.0368. The van der Waals surface area contributed by atoms with Crippen LogP contribution < -0.4 is 21.7 Å². The summed E-state index contributed by atoms with van der Waals surface area (Å²) in [6, 6.07) is 5.83. The van der Waals surface area contributed by atoms with Gasteiger partial charge in [-0.15, -0.1) is 11.3 Å². The highest BCUT2D eigenvalue weighted by molar-refractivity contribution is 7.21. The predicted molar refractivity (Wildman–Crippen MR) is 140 cm³/mol. The lowest BCUT2D eigenvalue weighted by atomic mass is 10.0. The van der Waals surface area contributed by atoms with Gasteiger partial charge in [0.15, 0.2) is 0 Å². The SMILES string of the molecule is CC(C)(C)OC(=O)NC1CCN(c2cc(C=Cc3ccncc3)c3c(N)c(C(N)=O)sc3n2)CC1. The van der Waals surface area contributed by atoms with E-state index in [1.807, 2.05) is 51.1 Å². The van der Waals surface area contributed by atoms with Crippen LogP contribution in [0.3, 0.4) is 0 Å². The summed E-state index contributed by atoms with van der Waals surface area (Å²) in [7, 11) is 0. The number of amides is 2. The fourth-order valence-electron chi connectivity index (χ4n) is 4.00. The van der Waals surface area contributed by atoms with Crippen molar-refractivity contribution in [3.63, 3.8) is 0 Å². The molecule has 0 saturated carbocycles. The van der Waals surface area contributed by atoms with Crippen LogP contribution in [0.25, 0.3) is 22.4 Å². The largest absolute Gasteiger partial charge is 0.444 e. The molecule has 0 spiro atoms.